The van der Waals surface area contributed by atoms with E-state index in [0.717, 1.165) is 12.1 Å². The number of piperidine rings is 1. The maximum Gasteiger partial charge on any atom is 0.211 e. The van der Waals surface area contributed by atoms with Crippen LogP contribution in [0.1, 0.15) is 24.3 Å². The molecule has 1 fully saturated rings. The van der Waals surface area contributed by atoms with Crippen LogP contribution in [0.2, 0.25) is 0 Å². The summed E-state index contributed by atoms with van der Waals surface area (Å²) in [6, 6.07) is 3.36. The molecule has 2 atom stereocenters. The molecule has 1 saturated heterocycles. The van der Waals surface area contributed by atoms with E-state index in [4.69, 9.17) is 4.74 Å². The van der Waals surface area contributed by atoms with Crippen LogP contribution < -0.4 is 10.0 Å². The van der Waals surface area contributed by atoms with Crippen molar-refractivity contribution in [2.75, 3.05) is 32.6 Å². The van der Waals surface area contributed by atoms with E-state index >= 15 is 0 Å². The second-order valence-electron chi connectivity index (χ2n) is 5.66. The van der Waals surface area contributed by atoms with Crippen molar-refractivity contribution < 1.29 is 21.9 Å². The van der Waals surface area contributed by atoms with E-state index in [1.807, 2.05) is 0 Å². The molecule has 1 aromatic rings. The molecular weight excluding hydrogens is 362 g/mol. The summed E-state index contributed by atoms with van der Waals surface area (Å²) in [5, 5.41) is 3.13. The molecule has 0 amide bonds. The monoisotopic (exact) mass is 384 g/mol. The molecule has 2 N–H and O–H groups in total. The van der Waals surface area contributed by atoms with E-state index in [9.17, 15) is 17.2 Å². The molecule has 1 aliphatic rings. The first-order valence-corrected chi connectivity index (χ1v) is 9.23. The van der Waals surface area contributed by atoms with Gasteiger partial charge >= 0.3 is 0 Å². The number of methoxy groups -OCH3 is 1. The summed E-state index contributed by atoms with van der Waals surface area (Å²) in [5.74, 6) is -2.03. The first kappa shape index (κ1) is 21.2. The van der Waals surface area contributed by atoms with Crippen LogP contribution in [0.15, 0.2) is 18.2 Å². The van der Waals surface area contributed by atoms with Crippen molar-refractivity contribution in [2.24, 2.45) is 0 Å². The fourth-order valence-electron chi connectivity index (χ4n) is 2.81. The fraction of sp³-hybridized carbons (Fsp3) is 0.600. The van der Waals surface area contributed by atoms with Gasteiger partial charge in [0, 0.05) is 32.2 Å². The van der Waals surface area contributed by atoms with Crippen LogP contribution in [0, 0.1) is 11.6 Å². The third-order valence-corrected chi connectivity index (χ3v) is 5.43. The first-order valence-electron chi connectivity index (χ1n) is 7.57. The molecule has 1 aromatic carbocycles. The Labute approximate surface area is 147 Å². The maximum absolute atomic E-state index is 13.5. The normalized spacial score (nSPS) is 21.3. The van der Waals surface area contributed by atoms with Gasteiger partial charge in [-0.15, -0.1) is 12.4 Å². The summed E-state index contributed by atoms with van der Waals surface area (Å²) in [6.45, 7) is 1.52. The molecule has 138 valence electrons. The van der Waals surface area contributed by atoms with Gasteiger partial charge in [-0.2, -0.15) is 0 Å². The minimum absolute atomic E-state index is 0. The highest BCUT2D eigenvalue weighted by Gasteiger charge is 2.30. The zero-order valence-corrected chi connectivity index (χ0v) is 15.1. The van der Waals surface area contributed by atoms with Gasteiger partial charge in [0.1, 0.15) is 0 Å². The van der Waals surface area contributed by atoms with Gasteiger partial charge in [0.15, 0.2) is 11.6 Å². The minimum atomic E-state index is -3.45. The number of hydrogen-bond donors (Lipinski definition) is 2. The second-order valence-corrected chi connectivity index (χ2v) is 7.54. The summed E-state index contributed by atoms with van der Waals surface area (Å²) < 4.78 is 58.4. The van der Waals surface area contributed by atoms with Gasteiger partial charge < -0.3 is 10.1 Å². The van der Waals surface area contributed by atoms with Crippen molar-refractivity contribution in [3.05, 3.63) is 35.4 Å². The topological polar surface area (TPSA) is 67.4 Å². The molecule has 24 heavy (non-hydrogen) atoms. The van der Waals surface area contributed by atoms with E-state index in [1.54, 1.807) is 0 Å². The highest BCUT2D eigenvalue weighted by molar-refractivity contribution is 7.89. The molecule has 0 radical (unpaired) electrons. The van der Waals surface area contributed by atoms with Crippen LogP contribution in [0.25, 0.3) is 0 Å². The standard InChI is InChI=1S/C15H22F2N2O3S.ClH/c1-22-7-2-8-23(20,21)19-15-10-18-6-5-12(15)11-3-4-13(16)14(17)9-11;/h3-4,9,12,15,18-19H,2,5-8,10H2,1H3;1H. The average Bonchev–Trinajstić information content (AvgIpc) is 2.50. The van der Waals surface area contributed by atoms with Gasteiger partial charge in [0.25, 0.3) is 0 Å². The van der Waals surface area contributed by atoms with Gasteiger partial charge in [-0.05, 0) is 37.1 Å². The molecule has 0 saturated carbocycles. The summed E-state index contributed by atoms with van der Waals surface area (Å²) >= 11 is 0. The SMILES string of the molecule is COCCCS(=O)(=O)NC1CNCCC1c1ccc(F)c(F)c1.Cl. The quantitative estimate of drug-likeness (QED) is 0.703. The Morgan fingerprint density at radius 3 is 2.75 bits per heavy atom. The van der Waals surface area contributed by atoms with E-state index in [0.29, 0.717) is 38.1 Å². The summed E-state index contributed by atoms with van der Waals surface area (Å²) in [7, 11) is -1.93. The molecule has 0 bridgehead atoms. The highest BCUT2D eigenvalue weighted by atomic mass is 35.5. The third kappa shape index (κ3) is 5.93. The average molecular weight is 385 g/mol. The zero-order valence-electron chi connectivity index (χ0n) is 13.4. The number of halogens is 3. The lowest BCUT2D eigenvalue weighted by molar-refractivity contribution is 0.199. The van der Waals surface area contributed by atoms with Gasteiger partial charge in [0.2, 0.25) is 10.0 Å². The Morgan fingerprint density at radius 2 is 2.08 bits per heavy atom. The lowest BCUT2D eigenvalue weighted by Gasteiger charge is -2.33. The second kappa shape index (κ2) is 9.62. The molecule has 0 aliphatic carbocycles. The molecular formula is C15H23ClF2N2O3S. The maximum atomic E-state index is 13.5. The molecule has 1 heterocycles. The van der Waals surface area contributed by atoms with Crippen LogP contribution in [0.5, 0.6) is 0 Å². The van der Waals surface area contributed by atoms with Crippen molar-refractivity contribution in [1.82, 2.24) is 10.0 Å². The Kier molecular flexibility index (Phi) is 8.52. The van der Waals surface area contributed by atoms with Crippen molar-refractivity contribution in [3.8, 4) is 0 Å². The number of benzene rings is 1. The molecule has 2 unspecified atom stereocenters. The smallest absolute Gasteiger partial charge is 0.211 e. The lowest BCUT2D eigenvalue weighted by Crippen LogP contribution is -2.50. The van der Waals surface area contributed by atoms with Crippen LogP contribution in [-0.4, -0.2) is 47.0 Å². The van der Waals surface area contributed by atoms with Gasteiger partial charge in [-0.1, -0.05) is 6.07 Å². The summed E-state index contributed by atoms with van der Waals surface area (Å²) in [6.07, 6.45) is 1.05. The molecule has 0 aromatic heterocycles. The van der Waals surface area contributed by atoms with E-state index < -0.39 is 21.7 Å². The highest BCUT2D eigenvalue weighted by Crippen LogP contribution is 2.27. The van der Waals surface area contributed by atoms with Gasteiger partial charge in [0.05, 0.1) is 5.75 Å². The van der Waals surface area contributed by atoms with Crippen LogP contribution in [-0.2, 0) is 14.8 Å². The van der Waals surface area contributed by atoms with E-state index in [1.165, 1.54) is 13.2 Å². The third-order valence-electron chi connectivity index (χ3n) is 3.95. The molecule has 0 spiro atoms. The zero-order chi connectivity index (χ0) is 16.9. The van der Waals surface area contributed by atoms with Gasteiger partial charge in [-0.25, -0.2) is 21.9 Å². The Balaban J connectivity index is 0.00000288. The summed E-state index contributed by atoms with van der Waals surface area (Å²) in [5.41, 5.74) is 0.606. The fourth-order valence-corrected chi connectivity index (χ4v) is 4.13. The lowest BCUT2D eigenvalue weighted by atomic mass is 9.86. The summed E-state index contributed by atoms with van der Waals surface area (Å²) in [4.78, 5) is 0. The van der Waals surface area contributed by atoms with Crippen LogP contribution >= 0.6 is 12.4 Å². The minimum Gasteiger partial charge on any atom is -0.385 e. The number of sulfonamides is 1. The van der Waals surface area contributed by atoms with Gasteiger partial charge in [-0.3, -0.25) is 0 Å². The number of ether oxygens (including phenoxy) is 1. The predicted molar refractivity (Wildman–Crippen MR) is 91.0 cm³/mol. The molecule has 5 nitrogen and oxygen atoms in total. The largest absolute Gasteiger partial charge is 0.385 e. The number of rotatable bonds is 7. The van der Waals surface area contributed by atoms with Crippen molar-refractivity contribution >= 4 is 22.4 Å². The van der Waals surface area contributed by atoms with Crippen molar-refractivity contribution in [3.63, 3.8) is 0 Å². The Morgan fingerprint density at radius 1 is 1.33 bits per heavy atom. The van der Waals surface area contributed by atoms with E-state index in [-0.39, 0.29) is 30.1 Å². The number of nitrogens with one attached hydrogen (secondary N) is 2. The molecule has 2 rings (SSSR count). The first-order chi connectivity index (χ1) is 10.9. The van der Waals surface area contributed by atoms with Crippen molar-refractivity contribution in [1.29, 1.82) is 0 Å². The molecule has 9 heteroatoms. The predicted octanol–water partition coefficient (Wildman–Crippen LogP) is 1.79. The Bertz CT molecular complexity index is 631. The number of hydrogen-bond acceptors (Lipinski definition) is 4. The molecule has 1 aliphatic heterocycles. The Hall–Kier alpha value is -0.800. The van der Waals surface area contributed by atoms with Crippen molar-refractivity contribution in [2.45, 2.75) is 24.8 Å². The van der Waals surface area contributed by atoms with E-state index in [2.05, 4.69) is 10.0 Å². The van der Waals surface area contributed by atoms with Crippen LogP contribution in [0.4, 0.5) is 8.78 Å². The van der Waals surface area contributed by atoms with Crippen LogP contribution in [0.3, 0.4) is 0 Å².